The van der Waals surface area contributed by atoms with E-state index in [2.05, 4.69) is 0 Å². The van der Waals surface area contributed by atoms with Crippen molar-refractivity contribution < 1.29 is 19.8 Å². The molecule has 0 saturated carbocycles. The Morgan fingerprint density at radius 1 is 1.29 bits per heavy atom. The van der Waals surface area contributed by atoms with Gasteiger partial charge in [-0.2, -0.15) is 0 Å². The van der Waals surface area contributed by atoms with Crippen molar-refractivity contribution in [3.63, 3.8) is 0 Å². The van der Waals surface area contributed by atoms with Gasteiger partial charge >= 0.3 is 11.9 Å². The molecular weight excluding hydrogens is 184 g/mol. The standard InChI is InChI=1S/C10H16O4/c1-7(2)4-3-5-8(10(13)14)6-9(11)12/h3,5,7-8H,4,6H2,1-2H3,(H,11,12)(H,13,14). The fraction of sp³-hybridized carbons (Fsp3) is 0.600. The Morgan fingerprint density at radius 3 is 2.21 bits per heavy atom. The number of carboxylic acids is 2. The second kappa shape index (κ2) is 6.18. The van der Waals surface area contributed by atoms with Crippen molar-refractivity contribution in [3.8, 4) is 0 Å². The van der Waals surface area contributed by atoms with Crippen LogP contribution < -0.4 is 0 Å². The lowest BCUT2D eigenvalue weighted by molar-refractivity contribution is -0.146. The Morgan fingerprint density at radius 2 is 1.86 bits per heavy atom. The molecule has 0 bridgehead atoms. The fourth-order valence-corrected chi connectivity index (χ4v) is 0.941. The normalized spacial score (nSPS) is 13.4. The van der Waals surface area contributed by atoms with Crippen LogP contribution in [0.2, 0.25) is 0 Å². The summed E-state index contributed by atoms with van der Waals surface area (Å²) >= 11 is 0. The molecule has 0 aromatic carbocycles. The van der Waals surface area contributed by atoms with Gasteiger partial charge in [0.15, 0.2) is 0 Å². The first-order valence-electron chi connectivity index (χ1n) is 4.54. The smallest absolute Gasteiger partial charge is 0.310 e. The van der Waals surface area contributed by atoms with Crippen molar-refractivity contribution in [2.24, 2.45) is 11.8 Å². The van der Waals surface area contributed by atoms with E-state index in [9.17, 15) is 9.59 Å². The molecule has 4 nitrogen and oxygen atoms in total. The summed E-state index contributed by atoms with van der Waals surface area (Å²) in [7, 11) is 0. The van der Waals surface area contributed by atoms with E-state index in [1.54, 1.807) is 6.08 Å². The van der Waals surface area contributed by atoms with Gasteiger partial charge in [0.25, 0.3) is 0 Å². The first kappa shape index (κ1) is 12.7. The maximum absolute atomic E-state index is 10.6. The average molecular weight is 200 g/mol. The third-order valence-electron chi connectivity index (χ3n) is 1.69. The van der Waals surface area contributed by atoms with Crippen molar-refractivity contribution in [3.05, 3.63) is 12.2 Å². The summed E-state index contributed by atoms with van der Waals surface area (Å²) < 4.78 is 0. The van der Waals surface area contributed by atoms with Crippen LogP contribution >= 0.6 is 0 Å². The second-order valence-corrected chi connectivity index (χ2v) is 3.60. The highest BCUT2D eigenvalue weighted by Crippen LogP contribution is 2.08. The fourth-order valence-electron chi connectivity index (χ4n) is 0.941. The predicted octanol–water partition coefficient (Wildman–Crippen LogP) is 1.76. The minimum Gasteiger partial charge on any atom is -0.481 e. The maximum Gasteiger partial charge on any atom is 0.310 e. The van der Waals surface area contributed by atoms with Gasteiger partial charge in [-0.05, 0) is 12.3 Å². The molecule has 2 N–H and O–H groups in total. The van der Waals surface area contributed by atoms with Gasteiger partial charge < -0.3 is 10.2 Å². The molecule has 1 atom stereocenters. The summed E-state index contributed by atoms with van der Waals surface area (Å²) in [6.07, 6.45) is 3.59. The molecule has 0 fully saturated rings. The third-order valence-corrected chi connectivity index (χ3v) is 1.69. The largest absolute Gasteiger partial charge is 0.481 e. The molecule has 4 heteroatoms. The van der Waals surface area contributed by atoms with Crippen molar-refractivity contribution in [2.75, 3.05) is 0 Å². The van der Waals surface area contributed by atoms with Crippen LogP contribution in [-0.4, -0.2) is 22.2 Å². The molecule has 1 unspecified atom stereocenters. The molecule has 0 aliphatic rings. The van der Waals surface area contributed by atoms with Gasteiger partial charge in [-0.25, -0.2) is 0 Å². The molecule has 0 rings (SSSR count). The van der Waals surface area contributed by atoms with Gasteiger partial charge in [0.2, 0.25) is 0 Å². The third kappa shape index (κ3) is 6.22. The molecule has 0 radical (unpaired) electrons. The van der Waals surface area contributed by atoms with Gasteiger partial charge in [-0.1, -0.05) is 26.0 Å². The van der Waals surface area contributed by atoms with Crippen molar-refractivity contribution in [1.82, 2.24) is 0 Å². The molecule has 0 aliphatic heterocycles. The van der Waals surface area contributed by atoms with Crippen molar-refractivity contribution in [2.45, 2.75) is 26.7 Å². The van der Waals surface area contributed by atoms with Gasteiger partial charge in [-0.15, -0.1) is 0 Å². The molecule has 0 aromatic rings. The Bertz CT molecular complexity index is 230. The number of allylic oxidation sites excluding steroid dienone is 1. The topological polar surface area (TPSA) is 74.6 Å². The molecule has 14 heavy (non-hydrogen) atoms. The van der Waals surface area contributed by atoms with Crippen LogP contribution in [0.4, 0.5) is 0 Å². The van der Waals surface area contributed by atoms with E-state index in [-0.39, 0.29) is 6.42 Å². The van der Waals surface area contributed by atoms with Crippen LogP contribution in [0.25, 0.3) is 0 Å². The van der Waals surface area contributed by atoms with Crippen LogP contribution in [0.1, 0.15) is 26.7 Å². The van der Waals surface area contributed by atoms with Gasteiger partial charge in [0.1, 0.15) is 0 Å². The highest BCUT2D eigenvalue weighted by molar-refractivity contribution is 5.79. The van der Waals surface area contributed by atoms with Crippen LogP contribution in [0.3, 0.4) is 0 Å². The monoisotopic (exact) mass is 200 g/mol. The van der Waals surface area contributed by atoms with Crippen molar-refractivity contribution >= 4 is 11.9 Å². The molecule has 80 valence electrons. The Labute approximate surface area is 83.2 Å². The quantitative estimate of drug-likeness (QED) is 0.641. The molecule has 0 aromatic heterocycles. The highest BCUT2D eigenvalue weighted by Gasteiger charge is 2.17. The number of aliphatic carboxylic acids is 2. The second-order valence-electron chi connectivity index (χ2n) is 3.60. The summed E-state index contributed by atoms with van der Waals surface area (Å²) in [6, 6.07) is 0. The number of carbonyl (C=O) groups is 2. The van der Waals surface area contributed by atoms with Crippen LogP contribution in [0.5, 0.6) is 0 Å². The van der Waals surface area contributed by atoms with Crippen LogP contribution in [0, 0.1) is 11.8 Å². The van der Waals surface area contributed by atoms with Crippen molar-refractivity contribution in [1.29, 1.82) is 0 Å². The van der Waals surface area contributed by atoms with E-state index < -0.39 is 17.9 Å². The zero-order chi connectivity index (χ0) is 11.1. The van der Waals surface area contributed by atoms with E-state index in [4.69, 9.17) is 10.2 Å². The Balaban J connectivity index is 4.16. The van der Waals surface area contributed by atoms with Crippen LogP contribution in [-0.2, 0) is 9.59 Å². The number of carboxylic acid groups (broad SMARTS) is 2. The van der Waals surface area contributed by atoms with Gasteiger partial charge in [0.05, 0.1) is 12.3 Å². The lowest BCUT2D eigenvalue weighted by Crippen LogP contribution is -2.15. The van der Waals surface area contributed by atoms with Gasteiger partial charge in [-0.3, -0.25) is 9.59 Å². The minimum absolute atomic E-state index is 0.357. The Kier molecular flexibility index (Phi) is 5.60. The Hall–Kier alpha value is -1.32. The lowest BCUT2D eigenvalue weighted by Gasteiger charge is -2.04. The van der Waals surface area contributed by atoms with E-state index in [1.165, 1.54) is 6.08 Å². The summed E-state index contributed by atoms with van der Waals surface area (Å²) in [5.41, 5.74) is 0. The molecule has 0 spiro atoms. The van der Waals surface area contributed by atoms with E-state index in [0.717, 1.165) is 6.42 Å². The van der Waals surface area contributed by atoms with Crippen LogP contribution in [0.15, 0.2) is 12.2 Å². The predicted molar refractivity (Wildman–Crippen MR) is 52.0 cm³/mol. The SMILES string of the molecule is CC(C)CC=CC(CC(=O)O)C(=O)O. The zero-order valence-electron chi connectivity index (χ0n) is 8.43. The first-order valence-corrected chi connectivity index (χ1v) is 4.54. The molecule has 0 aliphatic carbocycles. The van der Waals surface area contributed by atoms with E-state index >= 15 is 0 Å². The maximum atomic E-state index is 10.6. The van der Waals surface area contributed by atoms with Gasteiger partial charge in [0, 0.05) is 0 Å². The summed E-state index contributed by atoms with van der Waals surface area (Å²) in [5.74, 6) is -2.64. The molecule has 0 heterocycles. The number of rotatable bonds is 6. The summed E-state index contributed by atoms with van der Waals surface area (Å²) in [4.78, 5) is 20.9. The molecule has 0 amide bonds. The highest BCUT2D eigenvalue weighted by atomic mass is 16.4. The van der Waals surface area contributed by atoms with E-state index in [0.29, 0.717) is 5.92 Å². The molecule has 0 saturated heterocycles. The van der Waals surface area contributed by atoms with E-state index in [1.807, 2.05) is 13.8 Å². The first-order chi connectivity index (χ1) is 6.43. The average Bonchev–Trinajstić information content (AvgIpc) is 2.00. The number of hydrogen-bond donors (Lipinski definition) is 2. The summed E-state index contributed by atoms with van der Waals surface area (Å²) in [6.45, 7) is 4.02. The zero-order valence-corrected chi connectivity index (χ0v) is 8.43. The minimum atomic E-state index is -1.09. The summed E-state index contributed by atoms with van der Waals surface area (Å²) in [5, 5.41) is 17.1. The molecular formula is C10H16O4. The number of hydrogen-bond acceptors (Lipinski definition) is 2. The lowest BCUT2D eigenvalue weighted by atomic mass is 10.0.